The minimum absolute atomic E-state index is 0.287. The normalized spacial score (nSPS) is 16.9. The molecule has 1 aromatic carbocycles. The molecule has 21 heavy (non-hydrogen) atoms. The van der Waals surface area contributed by atoms with Gasteiger partial charge in [-0.15, -0.1) is 0 Å². The lowest BCUT2D eigenvalue weighted by atomic mass is 10.3. The van der Waals surface area contributed by atoms with Crippen LogP contribution >= 0.6 is 0 Å². The second kappa shape index (κ2) is 5.22. The van der Waals surface area contributed by atoms with Crippen LogP contribution in [0.2, 0.25) is 0 Å². The first-order valence-electron chi connectivity index (χ1n) is 7.00. The monoisotopic (exact) mass is 298 g/mol. The van der Waals surface area contributed by atoms with Crippen LogP contribution in [0.15, 0.2) is 18.2 Å². The van der Waals surface area contributed by atoms with Gasteiger partial charge in [0.15, 0.2) is 0 Å². The number of imidazole rings is 1. The SMILES string of the molecule is Nc1ccc2c(c1)nc(C(F)(F)F)n2CCN1CCCC1. The smallest absolute Gasteiger partial charge is 0.399 e. The lowest BCUT2D eigenvalue weighted by Gasteiger charge is -2.17. The van der Waals surface area contributed by atoms with Crippen LogP contribution in [0, 0.1) is 0 Å². The summed E-state index contributed by atoms with van der Waals surface area (Å²) in [5.74, 6) is -0.845. The molecule has 1 fully saturated rings. The standard InChI is InChI=1S/C14H17F3N4/c15-14(16,17)13-19-11-9-10(18)3-4-12(11)21(13)8-7-20-5-1-2-6-20/h3-4,9H,1-2,5-8,18H2. The molecule has 1 aliphatic rings. The Morgan fingerprint density at radius 1 is 1.14 bits per heavy atom. The van der Waals surface area contributed by atoms with Crippen molar-refractivity contribution in [3.8, 4) is 0 Å². The molecule has 1 saturated heterocycles. The Labute approximate surface area is 120 Å². The van der Waals surface area contributed by atoms with Gasteiger partial charge in [-0.25, -0.2) is 4.98 Å². The van der Waals surface area contributed by atoms with E-state index in [1.807, 2.05) is 0 Å². The number of hydrogen-bond acceptors (Lipinski definition) is 3. The second-order valence-electron chi connectivity index (χ2n) is 5.38. The van der Waals surface area contributed by atoms with Crippen molar-refractivity contribution in [3.63, 3.8) is 0 Å². The van der Waals surface area contributed by atoms with Crippen molar-refractivity contribution in [2.24, 2.45) is 0 Å². The zero-order valence-electron chi connectivity index (χ0n) is 11.5. The maximum absolute atomic E-state index is 13.2. The Hall–Kier alpha value is -1.76. The van der Waals surface area contributed by atoms with E-state index in [-0.39, 0.29) is 6.54 Å². The van der Waals surface area contributed by atoms with E-state index in [0.29, 0.717) is 23.3 Å². The number of anilines is 1. The molecule has 2 N–H and O–H groups in total. The molecule has 4 nitrogen and oxygen atoms in total. The molecular weight excluding hydrogens is 281 g/mol. The number of nitrogens with zero attached hydrogens (tertiary/aromatic N) is 3. The summed E-state index contributed by atoms with van der Waals surface area (Å²) in [4.78, 5) is 5.91. The third-order valence-corrected chi connectivity index (χ3v) is 3.86. The summed E-state index contributed by atoms with van der Waals surface area (Å²) in [6.07, 6.45) is -2.22. The molecule has 3 rings (SSSR count). The Morgan fingerprint density at radius 3 is 2.52 bits per heavy atom. The van der Waals surface area contributed by atoms with Crippen LogP contribution < -0.4 is 5.73 Å². The van der Waals surface area contributed by atoms with E-state index in [0.717, 1.165) is 25.9 Å². The molecule has 0 amide bonds. The van der Waals surface area contributed by atoms with Gasteiger partial charge in [0.1, 0.15) is 0 Å². The molecule has 114 valence electrons. The zero-order valence-corrected chi connectivity index (χ0v) is 11.5. The van der Waals surface area contributed by atoms with Crippen LogP contribution in [0.3, 0.4) is 0 Å². The second-order valence-corrected chi connectivity index (χ2v) is 5.38. The van der Waals surface area contributed by atoms with Crippen molar-refractivity contribution in [2.75, 3.05) is 25.4 Å². The van der Waals surface area contributed by atoms with E-state index in [9.17, 15) is 13.2 Å². The molecule has 0 bridgehead atoms. The molecule has 1 aliphatic heterocycles. The quantitative estimate of drug-likeness (QED) is 0.886. The van der Waals surface area contributed by atoms with Crippen LogP contribution in [-0.2, 0) is 12.7 Å². The molecule has 0 spiro atoms. The summed E-state index contributed by atoms with van der Waals surface area (Å²) in [7, 11) is 0. The van der Waals surface area contributed by atoms with Crippen LogP contribution in [0.4, 0.5) is 18.9 Å². The molecule has 0 aliphatic carbocycles. The predicted octanol–water partition coefficient (Wildman–Crippen LogP) is 2.73. The number of rotatable bonds is 3. The van der Waals surface area contributed by atoms with E-state index in [2.05, 4.69) is 9.88 Å². The molecule has 7 heteroatoms. The van der Waals surface area contributed by atoms with E-state index >= 15 is 0 Å². The number of aromatic nitrogens is 2. The average Bonchev–Trinajstić information content (AvgIpc) is 3.01. The fourth-order valence-corrected chi connectivity index (χ4v) is 2.84. The highest BCUT2D eigenvalue weighted by molar-refractivity contribution is 5.79. The van der Waals surface area contributed by atoms with Crippen LogP contribution in [0.5, 0.6) is 0 Å². The van der Waals surface area contributed by atoms with Crippen molar-refractivity contribution < 1.29 is 13.2 Å². The molecule has 1 aromatic heterocycles. The van der Waals surface area contributed by atoms with Gasteiger partial charge in [0.25, 0.3) is 0 Å². The van der Waals surface area contributed by atoms with Crippen molar-refractivity contribution in [2.45, 2.75) is 25.6 Å². The number of hydrogen-bond donors (Lipinski definition) is 1. The Kier molecular flexibility index (Phi) is 3.52. The predicted molar refractivity (Wildman–Crippen MR) is 74.8 cm³/mol. The molecule has 0 atom stereocenters. The molecule has 2 heterocycles. The Morgan fingerprint density at radius 2 is 1.86 bits per heavy atom. The maximum Gasteiger partial charge on any atom is 0.449 e. The summed E-state index contributed by atoms with van der Waals surface area (Å²) in [5.41, 5.74) is 6.82. The lowest BCUT2D eigenvalue weighted by Crippen LogP contribution is -2.26. The Balaban J connectivity index is 1.96. The van der Waals surface area contributed by atoms with E-state index in [4.69, 9.17) is 5.73 Å². The molecule has 0 unspecified atom stereocenters. The number of alkyl halides is 3. The fourth-order valence-electron chi connectivity index (χ4n) is 2.84. The van der Waals surface area contributed by atoms with E-state index in [1.165, 1.54) is 10.6 Å². The van der Waals surface area contributed by atoms with Gasteiger partial charge in [0.2, 0.25) is 5.82 Å². The van der Waals surface area contributed by atoms with Crippen molar-refractivity contribution in [3.05, 3.63) is 24.0 Å². The van der Waals surface area contributed by atoms with Gasteiger partial charge in [-0.3, -0.25) is 0 Å². The minimum Gasteiger partial charge on any atom is -0.399 e. The molecule has 2 aromatic rings. The maximum atomic E-state index is 13.2. The van der Waals surface area contributed by atoms with Crippen molar-refractivity contribution in [1.29, 1.82) is 0 Å². The molecule has 0 saturated carbocycles. The molecule has 0 radical (unpaired) electrons. The number of halogens is 3. The fraction of sp³-hybridized carbons (Fsp3) is 0.500. The first kappa shape index (κ1) is 14.2. The number of fused-ring (bicyclic) bond motifs is 1. The lowest BCUT2D eigenvalue weighted by molar-refractivity contribution is -0.147. The minimum atomic E-state index is -4.46. The average molecular weight is 298 g/mol. The van der Waals surface area contributed by atoms with Gasteiger partial charge in [0.05, 0.1) is 11.0 Å². The number of likely N-dealkylation sites (tertiary alicyclic amines) is 1. The van der Waals surface area contributed by atoms with Crippen molar-refractivity contribution >= 4 is 16.7 Å². The third-order valence-electron chi connectivity index (χ3n) is 3.86. The summed E-state index contributed by atoms with van der Waals surface area (Å²) >= 11 is 0. The van der Waals surface area contributed by atoms with Crippen LogP contribution in [0.25, 0.3) is 11.0 Å². The van der Waals surface area contributed by atoms with Gasteiger partial charge < -0.3 is 15.2 Å². The summed E-state index contributed by atoms with van der Waals surface area (Å²) in [6.45, 7) is 2.82. The zero-order chi connectivity index (χ0) is 15.0. The largest absolute Gasteiger partial charge is 0.449 e. The topological polar surface area (TPSA) is 47.1 Å². The highest BCUT2D eigenvalue weighted by Gasteiger charge is 2.37. The van der Waals surface area contributed by atoms with Gasteiger partial charge in [-0.1, -0.05) is 0 Å². The first-order chi connectivity index (χ1) is 9.95. The number of benzene rings is 1. The third kappa shape index (κ3) is 2.83. The highest BCUT2D eigenvalue weighted by atomic mass is 19.4. The summed E-state index contributed by atoms with van der Waals surface area (Å²) < 4.78 is 40.7. The van der Waals surface area contributed by atoms with Gasteiger partial charge >= 0.3 is 6.18 Å². The summed E-state index contributed by atoms with van der Waals surface area (Å²) in [5, 5.41) is 0. The van der Waals surface area contributed by atoms with Gasteiger partial charge in [-0.05, 0) is 44.1 Å². The van der Waals surface area contributed by atoms with Crippen LogP contribution in [-0.4, -0.2) is 34.1 Å². The Bertz CT molecular complexity index is 641. The van der Waals surface area contributed by atoms with E-state index < -0.39 is 12.0 Å². The highest BCUT2D eigenvalue weighted by Crippen LogP contribution is 2.32. The number of nitrogen functional groups attached to an aromatic ring is 1. The van der Waals surface area contributed by atoms with Gasteiger partial charge in [-0.2, -0.15) is 13.2 Å². The molecular formula is C14H17F3N4. The van der Waals surface area contributed by atoms with Crippen LogP contribution in [0.1, 0.15) is 18.7 Å². The van der Waals surface area contributed by atoms with Gasteiger partial charge in [0, 0.05) is 18.8 Å². The number of nitrogens with two attached hydrogens (primary N) is 1. The van der Waals surface area contributed by atoms with Crippen molar-refractivity contribution in [1.82, 2.24) is 14.5 Å². The summed E-state index contributed by atoms with van der Waals surface area (Å²) in [6, 6.07) is 4.70. The van der Waals surface area contributed by atoms with E-state index in [1.54, 1.807) is 12.1 Å². The first-order valence-corrected chi connectivity index (χ1v) is 7.00.